The Kier molecular flexibility index (Phi) is 6.46. The lowest BCUT2D eigenvalue weighted by Gasteiger charge is -2.16. The van der Waals surface area contributed by atoms with Gasteiger partial charge in [-0.15, -0.1) is 11.3 Å². The van der Waals surface area contributed by atoms with E-state index in [0.29, 0.717) is 17.2 Å². The van der Waals surface area contributed by atoms with Crippen LogP contribution in [0.25, 0.3) is 0 Å². The highest BCUT2D eigenvalue weighted by atomic mass is 32.1. The van der Waals surface area contributed by atoms with Gasteiger partial charge in [0, 0.05) is 34.8 Å². The van der Waals surface area contributed by atoms with Crippen molar-refractivity contribution in [1.82, 2.24) is 15.6 Å². The molecule has 0 fully saturated rings. The largest absolute Gasteiger partial charge is 0.362 e. The third-order valence-corrected chi connectivity index (χ3v) is 5.15. The van der Waals surface area contributed by atoms with Crippen LogP contribution >= 0.6 is 23.6 Å². The number of nitrogens with zero attached hydrogens (tertiary/aromatic N) is 1. The standard InChI is InChI=1S/C20H19N3OS2/c24-19(15-7-2-1-3-8-15)23-20(25)22-13-11-16(18-10-6-14-26-18)17-9-4-5-12-21-17/h1-10,12,14,16H,11,13H2,(H2,22,23,24,25). The summed E-state index contributed by atoms with van der Waals surface area (Å²) in [5.74, 6) is -0.000965. The number of thiophene rings is 1. The predicted molar refractivity (Wildman–Crippen MR) is 110 cm³/mol. The van der Waals surface area contributed by atoms with Crippen LogP contribution in [0.2, 0.25) is 0 Å². The quantitative estimate of drug-likeness (QED) is 0.635. The first-order chi connectivity index (χ1) is 12.7. The van der Waals surface area contributed by atoms with E-state index < -0.39 is 0 Å². The minimum atomic E-state index is -0.206. The number of carbonyl (C=O) groups is 1. The highest BCUT2D eigenvalue weighted by molar-refractivity contribution is 7.80. The Hall–Kier alpha value is -2.57. The molecule has 1 unspecified atom stereocenters. The number of pyridine rings is 1. The van der Waals surface area contributed by atoms with Gasteiger partial charge in [0.2, 0.25) is 0 Å². The second kappa shape index (κ2) is 9.22. The van der Waals surface area contributed by atoms with Crippen molar-refractivity contribution in [3.8, 4) is 0 Å². The average molecular weight is 382 g/mol. The van der Waals surface area contributed by atoms with Crippen LogP contribution in [0.4, 0.5) is 0 Å². The Labute approximate surface area is 162 Å². The van der Waals surface area contributed by atoms with Gasteiger partial charge in [0.15, 0.2) is 5.11 Å². The molecule has 0 bridgehead atoms. The Morgan fingerprint density at radius 2 is 1.88 bits per heavy atom. The maximum Gasteiger partial charge on any atom is 0.257 e. The van der Waals surface area contributed by atoms with Crippen LogP contribution in [0.15, 0.2) is 72.2 Å². The van der Waals surface area contributed by atoms with E-state index >= 15 is 0 Å². The van der Waals surface area contributed by atoms with Gasteiger partial charge in [0.25, 0.3) is 5.91 Å². The number of benzene rings is 1. The molecule has 3 aromatic rings. The molecule has 0 aliphatic rings. The zero-order valence-electron chi connectivity index (χ0n) is 14.1. The first-order valence-corrected chi connectivity index (χ1v) is 9.61. The molecule has 2 heterocycles. The molecule has 0 radical (unpaired) electrons. The normalized spacial score (nSPS) is 11.5. The molecule has 132 valence electrons. The molecule has 2 N–H and O–H groups in total. The Bertz CT molecular complexity index is 836. The number of nitrogens with one attached hydrogen (secondary N) is 2. The molecule has 1 atom stereocenters. The van der Waals surface area contributed by atoms with Gasteiger partial charge >= 0.3 is 0 Å². The second-order valence-electron chi connectivity index (χ2n) is 5.69. The number of aromatic nitrogens is 1. The molecule has 26 heavy (non-hydrogen) atoms. The van der Waals surface area contributed by atoms with Crippen LogP contribution in [0.5, 0.6) is 0 Å². The summed E-state index contributed by atoms with van der Waals surface area (Å²) in [6.45, 7) is 0.646. The molecule has 3 rings (SSSR count). The van der Waals surface area contributed by atoms with Crippen molar-refractivity contribution in [2.75, 3.05) is 6.54 Å². The number of hydrogen-bond donors (Lipinski definition) is 2. The van der Waals surface area contributed by atoms with Crippen molar-refractivity contribution in [2.24, 2.45) is 0 Å². The van der Waals surface area contributed by atoms with E-state index in [-0.39, 0.29) is 11.8 Å². The molecule has 0 aliphatic carbocycles. The van der Waals surface area contributed by atoms with Crippen LogP contribution in [-0.4, -0.2) is 22.5 Å². The summed E-state index contributed by atoms with van der Waals surface area (Å²) in [7, 11) is 0. The van der Waals surface area contributed by atoms with Gasteiger partial charge in [-0.25, -0.2) is 0 Å². The van der Waals surface area contributed by atoms with Crippen LogP contribution in [0, 0.1) is 0 Å². The summed E-state index contributed by atoms with van der Waals surface area (Å²) < 4.78 is 0. The summed E-state index contributed by atoms with van der Waals surface area (Å²) in [6, 6.07) is 19.2. The minimum Gasteiger partial charge on any atom is -0.362 e. The molecular weight excluding hydrogens is 362 g/mol. The first-order valence-electron chi connectivity index (χ1n) is 8.32. The Morgan fingerprint density at radius 3 is 2.58 bits per heavy atom. The first kappa shape index (κ1) is 18.2. The summed E-state index contributed by atoms with van der Waals surface area (Å²) >= 11 is 6.97. The van der Waals surface area contributed by atoms with Gasteiger partial charge in [-0.2, -0.15) is 0 Å². The van der Waals surface area contributed by atoms with Crippen molar-refractivity contribution in [3.63, 3.8) is 0 Å². The van der Waals surface area contributed by atoms with Crippen molar-refractivity contribution in [1.29, 1.82) is 0 Å². The van der Waals surface area contributed by atoms with Gasteiger partial charge in [-0.1, -0.05) is 30.3 Å². The Balaban J connectivity index is 1.55. The maximum absolute atomic E-state index is 12.1. The van der Waals surface area contributed by atoms with E-state index in [1.165, 1.54) is 4.88 Å². The minimum absolute atomic E-state index is 0.205. The van der Waals surface area contributed by atoms with E-state index in [0.717, 1.165) is 12.1 Å². The van der Waals surface area contributed by atoms with Crippen molar-refractivity contribution in [2.45, 2.75) is 12.3 Å². The van der Waals surface area contributed by atoms with E-state index in [2.05, 4.69) is 27.1 Å². The lowest BCUT2D eigenvalue weighted by molar-refractivity contribution is 0.0976. The lowest BCUT2D eigenvalue weighted by Crippen LogP contribution is -2.39. The zero-order chi connectivity index (χ0) is 18.2. The maximum atomic E-state index is 12.1. The molecule has 0 saturated heterocycles. The molecular formula is C20H19N3OS2. The monoisotopic (exact) mass is 381 g/mol. The fourth-order valence-electron chi connectivity index (χ4n) is 2.65. The fraction of sp³-hybridized carbons (Fsp3) is 0.150. The zero-order valence-corrected chi connectivity index (χ0v) is 15.7. The van der Waals surface area contributed by atoms with Crippen LogP contribution in [-0.2, 0) is 0 Å². The molecule has 0 saturated carbocycles. The van der Waals surface area contributed by atoms with Crippen LogP contribution in [0.1, 0.15) is 33.3 Å². The summed E-state index contributed by atoms with van der Waals surface area (Å²) in [6.07, 6.45) is 2.65. The summed E-state index contributed by atoms with van der Waals surface area (Å²) in [5, 5.41) is 8.25. The molecule has 6 heteroatoms. The van der Waals surface area contributed by atoms with E-state index in [9.17, 15) is 4.79 Å². The van der Waals surface area contributed by atoms with E-state index in [1.807, 2.05) is 48.7 Å². The highest BCUT2D eigenvalue weighted by Gasteiger charge is 2.16. The Morgan fingerprint density at radius 1 is 1.08 bits per heavy atom. The molecule has 1 amide bonds. The summed E-state index contributed by atoms with van der Waals surface area (Å²) in [5.41, 5.74) is 1.62. The van der Waals surface area contributed by atoms with Crippen LogP contribution < -0.4 is 10.6 Å². The summed E-state index contributed by atoms with van der Waals surface area (Å²) in [4.78, 5) is 17.9. The number of amides is 1. The third-order valence-electron chi connectivity index (χ3n) is 3.91. The van der Waals surface area contributed by atoms with Gasteiger partial charge < -0.3 is 5.32 Å². The van der Waals surface area contributed by atoms with Crippen molar-refractivity contribution in [3.05, 3.63) is 88.4 Å². The fourth-order valence-corrected chi connectivity index (χ4v) is 3.72. The topological polar surface area (TPSA) is 54.0 Å². The molecule has 0 aliphatic heterocycles. The third kappa shape index (κ3) is 4.97. The lowest BCUT2D eigenvalue weighted by atomic mass is 9.99. The second-order valence-corrected chi connectivity index (χ2v) is 7.07. The van der Waals surface area contributed by atoms with Crippen molar-refractivity contribution < 1.29 is 4.79 Å². The van der Waals surface area contributed by atoms with E-state index in [4.69, 9.17) is 12.2 Å². The molecule has 0 spiro atoms. The average Bonchev–Trinajstić information content (AvgIpc) is 3.21. The molecule has 2 aromatic heterocycles. The highest BCUT2D eigenvalue weighted by Crippen LogP contribution is 2.29. The van der Waals surface area contributed by atoms with Crippen molar-refractivity contribution >= 4 is 34.6 Å². The number of thiocarbonyl (C=S) groups is 1. The SMILES string of the molecule is O=C(NC(=S)NCCC(c1ccccn1)c1cccs1)c1ccccc1. The number of hydrogen-bond acceptors (Lipinski definition) is 4. The van der Waals surface area contributed by atoms with Gasteiger partial charge in [0.05, 0.1) is 0 Å². The van der Waals surface area contributed by atoms with E-state index in [1.54, 1.807) is 23.5 Å². The number of carbonyl (C=O) groups excluding carboxylic acids is 1. The van der Waals surface area contributed by atoms with Gasteiger partial charge in [0.1, 0.15) is 0 Å². The van der Waals surface area contributed by atoms with Gasteiger partial charge in [-0.05, 0) is 54.4 Å². The molecule has 1 aromatic carbocycles. The smallest absolute Gasteiger partial charge is 0.257 e. The predicted octanol–water partition coefficient (Wildman–Crippen LogP) is 3.97. The molecule has 4 nitrogen and oxygen atoms in total. The van der Waals surface area contributed by atoms with Gasteiger partial charge in [-0.3, -0.25) is 15.1 Å². The van der Waals surface area contributed by atoms with Crippen LogP contribution in [0.3, 0.4) is 0 Å². The number of rotatable bonds is 6.